The third-order valence-corrected chi connectivity index (χ3v) is 8.66. The summed E-state index contributed by atoms with van der Waals surface area (Å²) in [6, 6.07) is 10.3. The summed E-state index contributed by atoms with van der Waals surface area (Å²) in [5.41, 5.74) is 0.787. The molecule has 2 aromatic carbocycles. The molecule has 1 saturated heterocycles. The van der Waals surface area contributed by atoms with E-state index in [-0.39, 0.29) is 16.1 Å². The van der Waals surface area contributed by atoms with E-state index < -0.39 is 20.9 Å². The molecule has 178 valence electrons. The number of allylic oxidation sites excluding steroid dienone is 1. The van der Waals surface area contributed by atoms with Crippen LogP contribution in [0.15, 0.2) is 65.0 Å². The van der Waals surface area contributed by atoms with Crippen LogP contribution in [0, 0.1) is 10.1 Å². The standard InChI is InChI=1S/C23H24N4O5S2/c1-2-13-26-20-16-18(27(29)30)9-12-21(20)33-23(26)24-22(28)17-7-10-19(11-8-17)34(31,32)25-14-5-3-4-6-15-25/h2,7-12,16H,1,3-6,13-15H2. The Kier molecular flexibility index (Phi) is 7.05. The molecule has 0 bridgehead atoms. The molecule has 1 aromatic heterocycles. The third-order valence-electron chi connectivity index (χ3n) is 5.69. The predicted molar refractivity (Wildman–Crippen MR) is 130 cm³/mol. The van der Waals surface area contributed by atoms with Gasteiger partial charge in [0.15, 0.2) is 4.80 Å². The van der Waals surface area contributed by atoms with Crippen LogP contribution in [0.4, 0.5) is 5.69 Å². The zero-order valence-corrected chi connectivity index (χ0v) is 20.1. The van der Waals surface area contributed by atoms with Gasteiger partial charge >= 0.3 is 0 Å². The Hall–Kier alpha value is -3.15. The van der Waals surface area contributed by atoms with Gasteiger partial charge in [-0.05, 0) is 43.2 Å². The lowest BCUT2D eigenvalue weighted by Crippen LogP contribution is -2.31. The molecule has 0 aliphatic carbocycles. The highest BCUT2D eigenvalue weighted by Crippen LogP contribution is 2.24. The summed E-state index contributed by atoms with van der Waals surface area (Å²) in [4.78, 5) is 28.3. The van der Waals surface area contributed by atoms with Crippen LogP contribution >= 0.6 is 11.3 Å². The van der Waals surface area contributed by atoms with Gasteiger partial charge < -0.3 is 4.57 Å². The molecule has 11 heteroatoms. The van der Waals surface area contributed by atoms with E-state index in [0.717, 1.165) is 30.4 Å². The number of nitro groups is 1. The van der Waals surface area contributed by atoms with Crippen LogP contribution in [0.3, 0.4) is 0 Å². The van der Waals surface area contributed by atoms with E-state index in [1.54, 1.807) is 16.7 Å². The summed E-state index contributed by atoms with van der Waals surface area (Å²) < 4.78 is 29.9. The van der Waals surface area contributed by atoms with Crippen molar-refractivity contribution in [2.75, 3.05) is 13.1 Å². The van der Waals surface area contributed by atoms with E-state index in [4.69, 9.17) is 0 Å². The number of carbonyl (C=O) groups excluding carboxylic acids is 1. The minimum absolute atomic E-state index is 0.0535. The van der Waals surface area contributed by atoms with Gasteiger partial charge in [0.1, 0.15) is 0 Å². The Labute approximate surface area is 200 Å². The van der Waals surface area contributed by atoms with Gasteiger partial charge in [0.2, 0.25) is 10.0 Å². The van der Waals surface area contributed by atoms with Crippen molar-refractivity contribution in [2.45, 2.75) is 37.1 Å². The number of sulfonamides is 1. The molecule has 9 nitrogen and oxygen atoms in total. The molecule has 4 rings (SSSR count). The van der Waals surface area contributed by atoms with Crippen LogP contribution in [-0.2, 0) is 16.6 Å². The number of hydrogen-bond donors (Lipinski definition) is 0. The number of aromatic nitrogens is 1. The molecule has 1 aliphatic rings. The number of nitrogens with zero attached hydrogens (tertiary/aromatic N) is 4. The van der Waals surface area contributed by atoms with Crippen molar-refractivity contribution in [1.82, 2.24) is 8.87 Å². The number of hydrogen-bond acceptors (Lipinski definition) is 6. The maximum atomic E-state index is 13.0. The zero-order chi connectivity index (χ0) is 24.3. The summed E-state index contributed by atoms with van der Waals surface area (Å²) in [5.74, 6) is -0.530. The van der Waals surface area contributed by atoms with Crippen LogP contribution in [0.2, 0.25) is 0 Å². The van der Waals surface area contributed by atoms with Crippen molar-refractivity contribution in [2.24, 2.45) is 4.99 Å². The first-order valence-corrected chi connectivity index (χ1v) is 13.1. The number of amides is 1. The Bertz CT molecular complexity index is 1410. The summed E-state index contributed by atoms with van der Waals surface area (Å²) in [6.07, 6.45) is 5.36. The monoisotopic (exact) mass is 500 g/mol. The second-order valence-corrected chi connectivity index (χ2v) is 10.9. The molecule has 0 unspecified atom stereocenters. The Balaban J connectivity index is 1.66. The summed E-state index contributed by atoms with van der Waals surface area (Å²) in [5, 5.41) is 11.2. The highest BCUT2D eigenvalue weighted by molar-refractivity contribution is 7.89. The van der Waals surface area contributed by atoms with E-state index in [0.29, 0.717) is 30.0 Å². The molecule has 0 spiro atoms. The normalized spacial score (nSPS) is 15.8. The van der Waals surface area contributed by atoms with Crippen LogP contribution in [0.1, 0.15) is 36.0 Å². The van der Waals surface area contributed by atoms with Crippen LogP contribution < -0.4 is 4.80 Å². The molecule has 0 saturated carbocycles. The van der Waals surface area contributed by atoms with Gasteiger partial charge in [-0.15, -0.1) is 6.58 Å². The Morgan fingerprint density at radius 2 is 1.79 bits per heavy atom. The number of nitro benzene ring substituents is 1. The average molecular weight is 501 g/mol. The summed E-state index contributed by atoms with van der Waals surface area (Å²) in [6.45, 7) is 5.05. The minimum atomic E-state index is -3.61. The Morgan fingerprint density at radius 1 is 1.12 bits per heavy atom. The molecule has 0 N–H and O–H groups in total. The van der Waals surface area contributed by atoms with Gasteiger partial charge in [0, 0.05) is 37.3 Å². The summed E-state index contributed by atoms with van der Waals surface area (Å²) in [7, 11) is -3.61. The number of benzene rings is 2. The molecular weight excluding hydrogens is 476 g/mol. The van der Waals surface area contributed by atoms with Crippen molar-refractivity contribution in [3.05, 3.63) is 75.6 Å². The number of thiazole rings is 1. The topological polar surface area (TPSA) is 115 Å². The van der Waals surface area contributed by atoms with Crippen LogP contribution in [-0.4, -0.2) is 41.2 Å². The van der Waals surface area contributed by atoms with E-state index in [2.05, 4.69) is 11.6 Å². The Morgan fingerprint density at radius 3 is 2.41 bits per heavy atom. The maximum Gasteiger partial charge on any atom is 0.279 e. The number of carbonyl (C=O) groups is 1. The lowest BCUT2D eigenvalue weighted by Gasteiger charge is -2.19. The van der Waals surface area contributed by atoms with Crippen molar-refractivity contribution in [3.8, 4) is 0 Å². The molecule has 0 radical (unpaired) electrons. The van der Waals surface area contributed by atoms with Gasteiger partial charge in [-0.25, -0.2) is 8.42 Å². The molecule has 1 fully saturated rings. The lowest BCUT2D eigenvalue weighted by atomic mass is 10.2. The smallest absolute Gasteiger partial charge is 0.279 e. The number of fused-ring (bicyclic) bond motifs is 1. The first kappa shape index (κ1) is 24.0. The van der Waals surface area contributed by atoms with Gasteiger partial charge in [-0.3, -0.25) is 14.9 Å². The summed E-state index contributed by atoms with van der Waals surface area (Å²) >= 11 is 1.24. The predicted octanol–water partition coefficient (Wildman–Crippen LogP) is 4.10. The molecular formula is C23H24N4O5S2. The highest BCUT2D eigenvalue weighted by Gasteiger charge is 2.25. The van der Waals surface area contributed by atoms with Gasteiger partial charge in [-0.2, -0.15) is 9.30 Å². The second kappa shape index (κ2) is 10.00. The minimum Gasteiger partial charge on any atom is -0.312 e. The van der Waals surface area contributed by atoms with Crippen LogP contribution in [0.5, 0.6) is 0 Å². The van der Waals surface area contributed by atoms with E-state index in [1.165, 1.54) is 52.0 Å². The van der Waals surface area contributed by atoms with Crippen molar-refractivity contribution in [1.29, 1.82) is 0 Å². The first-order chi connectivity index (χ1) is 16.3. The largest absolute Gasteiger partial charge is 0.312 e. The van der Waals surface area contributed by atoms with Gasteiger partial charge in [-0.1, -0.05) is 30.3 Å². The number of non-ortho nitro benzene ring substituents is 1. The lowest BCUT2D eigenvalue weighted by molar-refractivity contribution is -0.384. The molecule has 34 heavy (non-hydrogen) atoms. The fraction of sp³-hybridized carbons (Fsp3) is 0.304. The van der Waals surface area contributed by atoms with Gasteiger partial charge in [0.05, 0.1) is 20.0 Å². The van der Waals surface area contributed by atoms with Crippen LogP contribution in [0.25, 0.3) is 10.2 Å². The fourth-order valence-electron chi connectivity index (χ4n) is 3.91. The third kappa shape index (κ3) is 4.86. The van der Waals surface area contributed by atoms with Crippen molar-refractivity contribution < 1.29 is 18.1 Å². The van der Waals surface area contributed by atoms with E-state index in [1.807, 2.05) is 0 Å². The second-order valence-electron chi connectivity index (χ2n) is 7.95. The molecule has 3 aromatic rings. The fourth-order valence-corrected chi connectivity index (χ4v) is 6.45. The quantitative estimate of drug-likeness (QED) is 0.287. The average Bonchev–Trinajstić information content (AvgIpc) is 2.99. The zero-order valence-electron chi connectivity index (χ0n) is 18.4. The molecule has 1 amide bonds. The highest BCUT2D eigenvalue weighted by atomic mass is 32.2. The molecule has 0 atom stereocenters. The van der Waals surface area contributed by atoms with E-state index in [9.17, 15) is 23.3 Å². The van der Waals surface area contributed by atoms with Crippen molar-refractivity contribution in [3.63, 3.8) is 0 Å². The number of rotatable bonds is 6. The molecule has 2 heterocycles. The molecule has 1 aliphatic heterocycles. The first-order valence-electron chi connectivity index (χ1n) is 10.9. The van der Waals surface area contributed by atoms with Crippen molar-refractivity contribution >= 4 is 43.2 Å². The van der Waals surface area contributed by atoms with E-state index >= 15 is 0 Å². The van der Waals surface area contributed by atoms with Gasteiger partial charge in [0.25, 0.3) is 11.6 Å². The SMILES string of the molecule is C=CCn1c(=NC(=O)c2ccc(S(=O)(=O)N3CCCCCC3)cc2)sc2ccc([N+](=O)[O-])cc21. The maximum absolute atomic E-state index is 13.0.